The van der Waals surface area contributed by atoms with Crippen molar-refractivity contribution < 1.29 is 24.2 Å². The molecule has 1 rings (SSSR count). The first-order valence-electron chi connectivity index (χ1n) is 3.54. The van der Waals surface area contributed by atoms with Crippen LogP contribution in [0.3, 0.4) is 0 Å². The zero-order valence-corrected chi connectivity index (χ0v) is 9.99. The van der Waals surface area contributed by atoms with Crippen LogP contribution in [0.1, 0.15) is 19.3 Å². The molecule has 0 aliphatic carbocycles. The second-order valence-corrected chi connectivity index (χ2v) is 4.52. The number of rotatable bonds is 1. The average Bonchev–Trinajstić information content (AvgIpc) is 1.90. The predicted molar refractivity (Wildman–Crippen MR) is 42.7 cm³/mol. The molecule has 0 aromatic heterocycles. The predicted octanol–water partition coefficient (Wildman–Crippen LogP) is 0.432. The minimum atomic E-state index is 0. The smallest absolute Gasteiger partial charge is 0.0653 e. The minimum absolute atomic E-state index is 0. The van der Waals surface area contributed by atoms with Crippen LogP contribution in [0.25, 0.3) is 0 Å². The van der Waals surface area contributed by atoms with Gasteiger partial charge in [0, 0.05) is 36.3 Å². The van der Waals surface area contributed by atoms with E-state index in [9.17, 15) is 0 Å². The van der Waals surface area contributed by atoms with Crippen molar-refractivity contribution in [3.05, 3.63) is 12.7 Å². The standard InChI is InChI=1S/C7H14OSi.Rh/c1-2-7(9)5-3-4-6-8-7;/h2H,1,3-6H2,9H3;. The molecular weight excluding hydrogens is 231 g/mol. The molecule has 61 valence electrons. The van der Waals surface area contributed by atoms with Crippen LogP contribution in [0.4, 0.5) is 0 Å². The maximum Gasteiger partial charge on any atom is 0.0653 e. The Morgan fingerprint density at radius 2 is 2.20 bits per heavy atom. The van der Waals surface area contributed by atoms with Crippen molar-refractivity contribution in [3.8, 4) is 0 Å². The van der Waals surface area contributed by atoms with Crippen LogP contribution >= 0.6 is 0 Å². The summed E-state index contributed by atoms with van der Waals surface area (Å²) in [4.78, 5) is 0. The molecule has 3 heteroatoms. The quantitative estimate of drug-likeness (QED) is 0.481. The van der Waals surface area contributed by atoms with E-state index in [0.717, 1.165) is 16.8 Å². The Morgan fingerprint density at radius 1 is 1.50 bits per heavy atom. The molecule has 0 aromatic carbocycles. The zero-order chi connectivity index (χ0) is 6.74. The molecule has 1 heterocycles. The van der Waals surface area contributed by atoms with Gasteiger partial charge in [-0.3, -0.25) is 0 Å². The summed E-state index contributed by atoms with van der Waals surface area (Å²) in [5, 5.41) is 0.123. The van der Waals surface area contributed by atoms with Gasteiger partial charge < -0.3 is 4.74 Å². The van der Waals surface area contributed by atoms with Gasteiger partial charge in [0.2, 0.25) is 0 Å². The van der Waals surface area contributed by atoms with Crippen LogP contribution in [-0.2, 0) is 24.2 Å². The third-order valence-electron chi connectivity index (χ3n) is 1.93. The van der Waals surface area contributed by atoms with E-state index >= 15 is 0 Å². The number of ether oxygens (including phenoxy) is 1. The Labute approximate surface area is 78.4 Å². The zero-order valence-electron chi connectivity index (χ0n) is 6.35. The molecular formula is C7H14ORhSi. The maximum atomic E-state index is 5.56. The summed E-state index contributed by atoms with van der Waals surface area (Å²) < 4.78 is 5.56. The van der Waals surface area contributed by atoms with E-state index < -0.39 is 0 Å². The maximum absolute atomic E-state index is 5.56. The fourth-order valence-electron chi connectivity index (χ4n) is 1.12. The second kappa shape index (κ2) is 4.42. The minimum Gasteiger partial charge on any atom is -0.376 e. The van der Waals surface area contributed by atoms with Crippen molar-refractivity contribution in [3.63, 3.8) is 0 Å². The summed E-state index contributed by atoms with van der Waals surface area (Å²) in [5.74, 6) is 0. The monoisotopic (exact) mass is 245 g/mol. The molecule has 0 aromatic rings. The van der Waals surface area contributed by atoms with Gasteiger partial charge in [0.1, 0.15) is 0 Å². The summed E-state index contributed by atoms with van der Waals surface area (Å²) in [6.07, 6.45) is 5.72. The van der Waals surface area contributed by atoms with Crippen molar-refractivity contribution in [1.29, 1.82) is 0 Å². The van der Waals surface area contributed by atoms with Crippen LogP contribution in [0.2, 0.25) is 0 Å². The molecule has 0 amide bonds. The molecule has 1 aliphatic rings. The van der Waals surface area contributed by atoms with Gasteiger partial charge in [0.05, 0.1) is 5.22 Å². The van der Waals surface area contributed by atoms with Gasteiger partial charge in [0.15, 0.2) is 0 Å². The van der Waals surface area contributed by atoms with E-state index in [1.807, 2.05) is 6.08 Å². The average molecular weight is 245 g/mol. The molecule has 1 nitrogen and oxygen atoms in total. The van der Waals surface area contributed by atoms with Crippen LogP contribution in [0.5, 0.6) is 0 Å². The van der Waals surface area contributed by atoms with E-state index in [1.165, 1.54) is 19.3 Å². The second-order valence-electron chi connectivity index (χ2n) is 2.82. The van der Waals surface area contributed by atoms with Gasteiger partial charge >= 0.3 is 0 Å². The summed E-state index contributed by atoms with van der Waals surface area (Å²) in [6, 6.07) is 0. The molecule has 1 fully saturated rings. The Balaban J connectivity index is 0.000000810. The van der Waals surface area contributed by atoms with Crippen molar-refractivity contribution in [1.82, 2.24) is 0 Å². The molecule has 10 heavy (non-hydrogen) atoms. The van der Waals surface area contributed by atoms with Crippen molar-refractivity contribution in [2.24, 2.45) is 0 Å². The Kier molecular flexibility index (Phi) is 4.66. The first kappa shape index (κ1) is 10.5. The van der Waals surface area contributed by atoms with Crippen LogP contribution in [0.15, 0.2) is 12.7 Å². The van der Waals surface area contributed by atoms with Gasteiger partial charge in [-0.15, -0.1) is 6.58 Å². The third-order valence-corrected chi connectivity index (χ3v) is 3.13. The third kappa shape index (κ3) is 2.65. The first-order valence-corrected chi connectivity index (χ1v) is 4.54. The Bertz CT molecular complexity index is 110. The normalized spacial score (nSPS) is 32.8. The molecule has 1 atom stereocenters. The number of hydrogen-bond acceptors (Lipinski definition) is 1. The summed E-state index contributed by atoms with van der Waals surface area (Å²) >= 11 is 0. The van der Waals surface area contributed by atoms with E-state index in [-0.39, 0.29) is 24.7 Å². The molecule has 1 unspecified atom stereocenters. The molecule has 0 N–H and O–H groups in total. The van der Waals surface area contributed by atoms with E-state index in [2.05, 4.69) is 6.58 Å². The molecule has 0 spiro atoms. The molecule has 1 aliphatic heterocycles. The SMILES string of the molecule is C=CC1([SiH3])CCCCO1.[Rh]. The van der Waals surface area contributed by atoms with E-state index in [4.69, 9.17) is 4.74 Å². The van der Waals surface area contributed by atoms with Gasteiger partial charge in [-0.2, -0.15) is 0 Å². The van der Waals surface area contributed by atoms with Crippen LogP contribution in [-0.4, -0.2) is 22.1 Å². The van der Waals surface area contributed by atoms with Gasteiger partial charge in [-0.25, -0.2) is 0 Å². The number of hydrogen-bond donors (Lipinski definition) is 0. The summed E-state index contributed by atoms with van der Waals surface area (Å²) in [5.41, 5.74) is 0. The Hall–Kier alpha value is 0.540. The van der Waals surface area contributed by atoms with Crippen LogP contribution < -0.4 is 0 Å². The molecule has 1 saturated heterocycles. The van der Waals surface area contributed by atoms with E-state index in [1.54, 1.807) is 0 Å². The largest absolute Gasteiger partial charge is 0.376 e. The first-order chi connectivity index (χ1) is 4.27. The molecule has 0 bridgehead atoms. The van der Waals surface area contributed by atoms with Gasteiger partial charge in [-0.05, 0) is 19.3 Å². The van der Waals surface area contributed by atoms with Crippen molar-refractivity contribution >= 4 is 10.2 Å². The molecule has 1 radical (unpaired) electrons. The fraction of sp³-hybridized carbons (Fsp3) is 0.714. The van der Waals surface area contributed by atoms with Gasteiger partial charge in [-0.1, -0.05) is 6.08 Å². The topological polar surface area (TPSA) is 9.23 Å². The van der Waals surface area contributed by atoms with E-state index in [0.29, 0.717) is 0 Å². The molecule has 0 saturated carbocycles. The Morgan fingerprint density at radius 3 is 2.50 bits per heavy atom. The van der Waals surface area contributed by atoms with Crippen LogP contribution in [0, 0.1) is 0 Å². The van der Waals surface area contributed by atoms with Crippen molar-refractivity contribution in [2.75, 3.05) is 6.61 Å². The van der Waals surface area contributed by atoms with Crippen molar-refractivity contribution in [2.45, 2.75) is 24.5 Å². The summed E-state index contributed by atoms with van der Waals surface area (Å²) in [7, 11) is 1.09. The fourth-order valence-corrected chi connectivity index (χ4v) is 1.67. The summed E-state index contributed by atoms with van der Waals surface area (Å²) in [6.45, 7) is 4.71. The van der Waals surface area contributed by atoms with Gasteiger partial charge in [0.25, 0.3) is 0 Å².